The van der Waals surface area contributed by atoms with E-state index in [1.165, 1.54) is 5.56 Å². The highest BCUT2D eigenvalue weighted by Crippen LogP contribution is 2.37. The maximum Gasteiger partial charge on any atom is 0.251 e. The van der Waals surface area contributed by atoms with Crippen molar-refractivity contribution in [3.63, 3.8) is 0 Å². The fraction of sp³-hybridized carbons (Fsp3) is 0.409. The van der Waals surface area contributed by atoms with Gasteiger partial charge in [0.1, 0.15) is 0 Å². The first-order chi connectivity index (χ1) is 13.2. The van der Waals surface area contributed by atoms with Gasteiger partial charge in [-0.2, -0.15) is 0 Å². The molecule has 5 heteroatoms. The van der Waals surface area contributed by atoms with Gasteiger partial charge in [0.25, 0.3) is 5.91 Å². The molecule has 0 spiro atoms. The van der Waals surface area contributed by atoms with Crippen molar-refractivity contribution in [3.05, 3.63) is 59.2 Å². The number of benzene rings is 2. The Morgan fingerprint density at radius 2 is 1.74 bits per heavy atom. The Morgan fingerprint density at radius 1 is 1.04 bits per heavy atom. The van der Waals surface area contributed by atoms with Crippen LogP contribution >= 0.6 is 11.6 Å². The molecule has 1 saturated carbocycles. The van der Waals surface area contributed by atoms with Crippen molar-refractivity contribution < 1.29 is 14.3 Å². The Hall–Kier alpha value is -2.20. The largest absolute Gasteiger partial charge is 0.493 e. The van der Waals surface area contributed by atoms with Gasteiger partial charge < -0.3 is 14.8 Å². The minimum absolute atomic E-state index is 0.0338. The average molecular weight is 388 g/mol. The predicted molar refractivity (Wildman–Crippen MR) is 108 cm³/mol. The first-order valence-electron chi connectivity index (χ1n) is 9.34. The van der Waals surface area contributed by atoms with E-state index in [0.29, 0.717) is 11.4 Å². The van der Waals surface area contributed by atoms with Crippen LogP contribution in [0.1, 0.15) is 53.1 Å². The monoisotopic (exact) mass is 387 g/mol. The second kappa shape index (κ2) is 9.14. The van der Waals surface area contributed by atoms with Crippen LogP contribution in [0.3, 0.4) is 0 Å². The molecular formula is C22H26ClNO3. The molecule has 0 aliphatic heterocycles. The summed E-state index contributed by atoms with van der Waals surface area (Å²) in [6.07, 6.45) is 4.31. The van der Waals surface area contributed by atoms with E-state index in [0.717, 1.165) is 42.7 Å². The van der Waals surface area contributed by atoms with E-state index in [4.69, 9.17) is 21.1 Å². The van der Waals surface area contributed by atoms with Crippen LogP contribution in [0.4, 0.5) is 0 Å². The Balaban J connectivity index is 1.77. The number of rotatable bonds is 6. The van der Waals surface area contributed by atoms with Gasteiger partial charge in [-0.1, -0.05) is 31.0 Å². The molecule has 0 aromatic heterocycles. The lowest BCUT2D eigenvalue weighted by Crippen LogP contribution is -2.41. The number of methoxy groups -OCH3 is 2. The molecule has 0 radical (unpaired) electrons. The summed E-state index contributed by atoms with van der Waals surface area (Å²) < 4.78 is 10.8. The Labute approximate surface area is 165 Å². The standard InChI is InChI=1S/C22H26ClNO3/c1-26-20-12-11-17(13-21(20)27-2)18-5-3-4-6-19(18)24-22(25)16-9-7-15(14-23)8-10-16/h7-13,18-19H,3-6,14H2,1-2H3,(H,24,25). The topological polar surface area (TPSA) is 47.6 Å². The zero-order valence-electron chi connectivity index (χ0n) is 15.8. The number of hydrogen-bond donors (Lipinski definition) is 1. The highest BCUT2D eigenvalue weighted by atomic mass is 35.5. The highest BCUT2D eigenvalue weighted by molar-refractivity contribution is 6.17. The van der Waals surface area contributed by atoms with Crippen LogP contribution in [0.5, 0.6) is 11.5 Å². The molecule has 144 valence electrons. The van der Waals surface area contributed by atoms with Gasteiger partial charge in [-0.3, -0.25) is 4.79 Å². The third-order valence-corrected chi connectivity index (χ3v) is 5.60. The van der Waals surface area contributed by atoms with Crippen molar-refractivity contribution in [1.82, 2.24) is 5.32 Å². The Bertz CT molecular complexity index is 776. The lowest BCUT2D eigenvalue weighted by Gasteiger charge is -2.33. The fourth-order valence-corrected chi connectivity index (χ4v) is 3.96. The van der Waals surface area contributed by atoms with E-state index in [2.05, 4.69) is 11.4 Å². The molecule has 0 saturated heterocycles. The summed E-state index contributed by atoms with van der Waals surface area (Å²) in [5, 5.41) is 3.24. The van der Waals surface area contributed by atoms with E-state index < -0.39 is 0 Å². The zero-order valence-corrected chi connectivity index (χ0v) is 16.6. The lowest BCUT2D eigenvalue weighted by molar-refractivity contribution is 0.0920. The van der Waals surface area contributed by atoms with E-state index in [1.807, 2.05) is 36.4 Å². The van der Waals surface area contributed by atoms with Gasteiger partial charge in [0.05, 0.1) is 14.2 Å². The van der Waals surface area contributed by atoms with Crippen molar-refractivity contribution in [1.29, 1.82) is 0 Å². The van der Waals surface area contributed by atoms with E-state index in [-0.39, 0.29) is 17.9 Å². The zero-order chi connectivity index (χ0) is 19.2. The van der Waals surface area contributed by atoms with Gasteiger partial charge in [0.2, 0.25) is 0 Å². The number of carbonyl (C=O) groups is 1. The first-order valence-corrected chi connectivity index (χ1v) is 9.87. The van der Waals surface area contributed by atoms with Crippen molar-refractivity contribution >= 4 is 17.5 Å². The fourth-order valence-electron chi connectivity index (χ4n) is 3.78. The average Bonchev–Trinajstić information content (AvgIpc) is 2.73. The molecule has 27 heavy (non-hydrogen) atoms. The molecule has 2 aromatic carbocycles. The number of halogens is 1. The minimum atomic E-state index is -0.0338. The van der Waals surface area contributed by atoms with Gasteiger partial charge in [-0.05, 0) is 48.2 Å². The van der Waals surface area contributed by atoms with Crippen LogP contribution in [0.2, 0.25) is 0 Å². The molecule has 2 aromatic rings. The van der Waals surface area contributed by atoms with Crippen molar-refractivity contribution in [2.45, 2.75) is 43.5 Å². The van der Waals surface area contributed by atoms with E-state index >= 15 is 0 Å². The second-order valence-electron chi connectivity index (χ2n) is 6.92. The van der Waals surface area contributed by atoms with Crippen LogP contribution in [0.25, 0.3) is 0 Å². The van der Waals surface area contributed by atoms with E-state index in [1.54, 1.807) is 14.2 Å². The van der Waals surface area contributed by atoms with Gasteiger partial charge >= 0.3 is 0 Å². The summed E-state index contributed by atoms with van der Waals surface area (Å²) in [5.41, 5.74) is 2.85. The number of nitrogens with one attached hydrogen (secondary N) is 1. The maximum atomic E-state index is 12.7. The van der Waals surface area contributed by atoms with Crippen molar-refractivity contribution in [3.8, 4) is 11.5 Å². The van der Waals surface area contributed by atoms with Gasteiger partial charge in [-0.15, -0.1) is 11.6 Å². The third kappa shape index (κ3) is 4.56. The van der Waals surface area contributed by atoms with Crippen LogP contribution in [-0.4, -0.2) is 26.2 Å². The Morgan fingerprint density at radius 3 is 2.41 bits per heavy atom. The molecule has 4 nitrogen and oxygen atoms in total. The normalized spacial score (nSPS) is 19.4. The SMILES string of the molecule is COc1ccc(C2CCCCC2NC(=O)c2ccc(CCl)cc2)cc1OC. The molecule has 2 unspecified atom stereocenters. The van der Waals surface area contributed by atoms with Gasteiger partial charge in [-0.25, -0.2) is 0 Å². The highest BCUT2D eigenvalue weighted by Gasteiger charge is 2.28. The molecule has 1 aliphatic rings. The van der Waals surface area contributed by atoms with Crippen molar-refractivity contribution in [2.24, 2.45) is 0 Å². The van der Waals surface area contributed by atoms with Crippen LogP contribution in [-0.2, 0) is 5.88 Å². The number of amides is 1. The molecular weight excluding hydrogens is 362 g/mol. The molecule has 1 aliphatic carbocycles. The summed E-state index contributed by atoms with van der Waals surface area (Å²) in [4.78, 5) is 12.7. The van der Waals surface area contributed by atoms with Crippen molar-refractivity contribution in [2.75, 3.05) is 14.2 Å². The summed E-state index contributed by atoms with van der Waals surface area (Å²) >= 11 is 5.83. The van der Waals surface area contributed by atoms with Crippen LogP contribution in [0.15, 0.2) is 42.5 Å². The van der Waals surface area contributed by atoms with Crippen LogP contribution < -0.4 is 14.8 Å². The second-order valence-corrected chi connectivity index (χ2v) is 7.18. The molecule has 3 rings (SSSR count). The molecule has 0 heterocycles. The first kappa shape index (κ1) is 19.6. The summed E-state index contributed by atoms with van der Waals surface area (Å²) in [7, 11) is 3.28. The summed E-state index contributed by atoms with van der Waals surface area (Å²) in [6, 6.07) is 13.6. The van der Waals surface area contributed by atoms with E-state index in [9.17, 15) is 4.79 Å². The quantitative estimate of drug-likeness (QED) is 0.717. The molecule has 0 bridgehead atoms. The Kier molecular flexibility index (Phi) is 6.62. The molecule has 1 N–H and O–H groups in total. The van der Waals surface area contributed by atoms with Gasteiger partial charge in [0, 0.05) is 23.4 Å². The third-order valence-electron chi connectivity index (χ3n) is 5.29. The lowest BCUT2D eigenvalue weighted by atomic mass is 9.79. The minimum Gasteiger partial charge on any atom is -0.493 e. The molecule has 1 amide bonds. The maximum absolute atomic E-state index is 12.7. The number of ether oxygens (including phenoxy) is 2. The summed E-state index contributed by atoms with van der Waals surface area (Å²) in [6.45, 7) is 0. The number of alkyl halides is 1. The van der Waals surface area contributed by atoms with Crippen LogP contribution in [0, 0.1) is 0 Å². The molecule has 1 fully saturated rings. The molecule has 2 atom stereocenters. The predicted octanol–water partition coefficient (Wildman–Crippen LogP) is 4.90. The number of carbonyl (C=O) groups excluding carboxylic acids is 1. The van der Waals surface area contributed by atoms with Gasteiger partial charge in [0.15, 0.2) is 11.5 Å². The smallest absolute Gasteiger partial charge is 0.251 e. The summed E-state index contributed by atoms with van der Waals surface area (Å²) in [5.74, 6) is 2.13. The number of hydrogen-bond acceptors (Lipinski definition) is 3.